The fraction of sp³-hybridized carbons (Fsp3) is 0.314. The Labute approximate surface area is 281 Å². The molecule has 48 heavy (non-hydrogen) atoms. The minimum absolute atomic E-state index is 0.0349. The molecule has 0 radical (unpaired) electrons. The van der Waals surface area contributed by atoms with Crippen LogP contribution in [0.2, 0.25) is 0 Å². The van der Waals surface area contributed by atoms with Crippen molar-refractivity contribution in [3.05, 3.63) is 95.3 Å². The third-order valence-electron chi connectivity index (χ3n) is 8.06. The van der Waals surface area contributed by atoms with Gasteiger partial charge in [0.1, 0.15) is 27.9 Å². The van der Waals surface area contributed by atoms with Crippen LogP contribution in [0.5, 0.6) is 0 Å². The maximum absolute atomic E-state index is 14.4. The summed E-state index contributed by atoms with van der Waals surface area (Å²) in [7, 11) is -3.99. The summed E-state index contributed by atoms with van der Waals surface area (Å²) in [6.07, 6.45) is 4.58. The molecule has 0 spiro atoms. The quantitative estimate of drug-likeness (QED) is 0.119. The maximum Gasteiger partial charge on any atom is 0.306 e. The summed E-state index contributed by atoms with van der Waals surface area (Å²) >= 11 is 0.967. The van der Waals surface area contributed by atoms with E-state index in [0.717, 1.165) is 40.3 Å². The summed E-state index contributed by atoms with van der Waals surface area (Å²) in [6, 6.07) is 13.2. The molecule has 0 aliphatic carbocycles. The van der Waals surface area contributed by atoms with E-state index in [1.54, 1.807) is 24.3 Å². The number of ether oxygens (including phenoxy) is 1. The van der Waals surface area contributed by atoms with Gasteiger partial charge in [0, 0.05) is 48.2 Å². The molecule has 0 N–H and O–H groups in total. The minimum atomic E-state index is -3.99. The summed E-state index contributed by atoms with van der Waals surface area (Å²) in [6.45, 7) is 6.54. The lowest BCUT2D eigenvalue weighted by Gasteiger charge is -2.36. The lowest BCUT2D eigenvalue weighted by Crippen LogP contribution is -2.38. The minimum Gasteiger partial charge on any atom is -0.460 e. The number of thiazole rings is 1. The molecule has 0 saturated carbocycles. The van der Waals surface area contributed by atoms with Crippen LogP contribution in [0.3, 0.4) is 0 Å². The van der Waals surface area contributed by atoms with Gasteiger partial charge in [0.15, 0.2) is 11.4 Å². The van der Waals surface area contributed by atoms with Crippen LogP contribution in [0.4, 0.5) is 14.5 Å². The zero-order chi connectivity index (χ0) is 34.2. The van der Waals surface area contributed by atoms with Crippen LogP contribution < -0.4 is 4.90 Å². The van der Waals surface area contributed by atoms with E-state index in [1.165, 1.54) is 36.0 Å². The van der Waals surface area contributed by atoms with Crippen molar-refractivity contribution in [3.8, 4) is 10.6 Å². The molecule has 0 unspecified atom stereocenters. The Hall–Kier alpha value is -4.49. The van der Waals surface area contributed by atoms with Crippen LogP contribution in [0.15, 0.2) is 77.3 Å². The van der Waals surface area contributed by atoms with Crippen LogP contribution in [-0.4, -0.2) is 52.8 Å². The fourth-order valence-electron chi connectivity index (χ4n) is 6.03. The number of anilines is 1. The summed E-state index contributed by atoms with van der Waals surface area (Å²) in [4.78, 5) is 37.3. The van der Waals surface area contributed by atoms with Crippen molar-refractivity contribution in [2.24, 2.45) is 5.92 Å². The first kappa shape index (κ1) is 33.4. The lowest BCUT2D eigenvalue weighted by molar-refractivity contribution is -0.156. The number of hydrogen-bond acceptors (Lipinski definition) is 9. The molecule has 250 valence electrons. The van der Waals surface area contributed by atoms with E-state index in [4.69, 9.17) is 4.74 Å². The van der Waals surface area contributed by atoms with Gasteiger partial charge in [-0.25, -0.2) is 31.1 Å². The highest BCUT2D eigenvalue weighted by molar-refractivity contribution is 7.90. The molecule has 9 nitrogen and oxygen atoms in total. The highest BCUT2D eigenvalue weighted by Gasteiger charge is 2.30. The van der Waals surface area contributed by atoms with Gasteiger partial charge < -0.3 is 9.64 Å². The van der Waals surface area contributed by atoms with Crippen molar-refractivity contribution in [3.63, 3.8) is 0 Å². The number of halogens is 2. The predicted octanol–water partition coefficient (Wildman–Crippen LogP) is 7.05. The van der Waals surface area contributed by atoms with Crippen molar-refractivity contribution in [2.45, 2.75) is 57.0 Å². The van der Waals surface area contributed by atoms with Crippen molar-refractivity contribution >= 4 is 49.8 Å². The zero-order valence-corrected chi connectivity index (χ0v) is 28.3. The second kappa shape index (κ2) is 13.2. The Morgan fingerprint density at radius 3 is 2.48 bits per heavy atom. The first-order valence-corrected chi connectivity index (χ1v) is 17.8. The molecule has 5 aromatic rings. The van der Waals surface area contributed by atoms with E-state index in [0.29, 0.717) is 29.7 Å². The van der Waals surface area contributed by atoms with Crippen molar-refractivity contribution in [1.29, 1.82) is 0 Å². The van der Waals surface area contributed by atoms with Gasteiger partial charge in [-0.15, -0.1) is 11.3 Å². The molecule has 0 amide bonds. The van der Waals surface area contributed by atoms with Gasteiger partial charge in [-0.05, 0) is 69.9 Å². The van der Waals surface area contributed by atoms with E-state index in [9.17, 15) is 26.8 Å². The molecule has 6 rings (SSSR count). The van der Waals surface area contributed by atoms with Gasteiger partial charge in [0.05, 0.1) is 22.6 Å². The van der Waals surface area contributed by atoms with E-state index >= 15 is 0 Å². The van der Waals surface area contributed by atoms with Crippen LogP contribution in [0.25, 0.3) is 21.6 Å². The third-order valence-corrected chi connectivity index (χ3v) is 10.6. The van der Waals surface area contributed by atoms with Gasteiger partial charge in [-0.1, -0.05) is 24.3 Å². The fourth-order valence-corrected chi connectivity index (χ4v) is 8.22. The van der Waals surface area contributed by atoms with Gasteiger partial charge in [0.2, 0.25) is 0 Å². The van der Waals surface area contributed by atoms with Crippen LogP contribution in [0, 0.1) is 17.6 Å². The summed E-state index contributed by atoms with van der Waals surface area (Å²) in [5, 5.41) is 2.05. The Morgan fingerprint density at radius 1 is 1.04 bits per heavy atom. The molecule has 4 heterocycles. The Kier molecular flexibility index (Phi) is 9.18. The second-order valence-corrected chi connectivity index (χ2v) is 15.5. The lowest BCUT2D eigenvalue weighted by atomic mass is 9.93. The topological polar surface area (TPSA) is 111 Å². The average Bonchev–Trinajstić information content (AvgIpc) is 3.69. The molecule has 1 aliphatic rings. The van der Waals surface area contributed by atoms with Crippen molar-refractivity contribution < 1.29 is 31.5 Å². The van der Waals surface area contributed by atoms with Gasteiger partial charge in [-0.3, -0.25) is 9.59 Å². The number of carbonyl (C=O) groups is 2. The first-order chi connectivity index (χ1) is 22.8. The normalized spacial score (nSPS) is 15.5. The molecule has 13 heteroatoms. The number of fused-ring (bicyclic) bond motifs is 1. The summed E-state index contributed by atoms with van der Waals surface area (Å²) in [5.74, 6) is -2.28. The third kappa shape index (κ3) is 6.88. The number of carbonyl (C=O) groups excluding carboxylic acids is 2. The number of aromatic nitrogens is 3. The number of esters is 1. The Balaban J connectivity index is 1.37. The number of Topliss-reactive ketones (excluding diaryl/α,β-unsaturated/α-hetero) is 1. The summed E-state index contributed by atoms with van der Waals surface area (Å²) < 4.78 is 62.9. The Bertz CT molecular complexity index is 2090. The average molecular weight is 693 g/mol. The number of piperidine rings is 1. The Morgan fingerprint density at radius 2 is 1.77 bits per heavy atom. The van der Waals surface area contributed by atoms with Gasteiger partial charge in [0.25, 0.3) is 10.0 Å². The van der Waals surface area contributed by atoms with E-state index in [2.05, 4.69) is 14.9 Å². The molecule has 1 saturated heterocycles. The highest BCUT2D eigenvalue weighted by Crippen LogP contribution is 2.37. The molecule has 1 aliphatic heterocycles. The predicted molar refractivity (Wildman–Crippen MR) is 180 cm³/mol. The van der Waals surface area contributed by atoms with Gasteiger partial charge >= 0.3 is 5.97 Å². The first-order valence-electron chi connectivity index (χ1n) is 15.5. The highest BCUT2D eigenvalue weighted by atomic mass is 32.2. The number of benzene rings is 2. The number of hydrogen-bond donors (Lipinski definition) is 0. The largest absolute Gasteiger partial charge is 0.460 e. The standard InChI is InChI=1S/C35H34F2N4O5S2/c1-35(2,3)46-30(43)17-22-9-8-15-40(20-22)32-23(18-29(42)28-21-47-34(39-28)31-26(36)12-7-13-27(31)37)19-38-33-25(32)14-16-41(33)48(44,45)24-10-5-4-6-11-24/h4-7,10-14,16,19,21-22H,8-9,15,17-18,20H2,1-3H3/t22-/m1/s1. The molecule has 0 bridgehead atoms. The monoisotopic (exact) mass is 692 g/mol. The van der Waals surface area contributed by atoms with E-state index < -0.39 is 33.0 Å². The van der Waals surface area contributed by atoms with Crippen molar-refractivity contribution in [2.75, 3.05) is 18.0 Å². The summed E-state index contributed by atoms with van der Waals surface area (Å²) in [5.41, 5.74) is 0.513. The molecule has 1 fully saturated rings. The smallest absolute Gasteiger partial charge is 0.306 e. The van der Waals surface area contributed by atoms with Gasteiger partial charge in [-0.2, -0.15) is 0 Å². The number of pyridine rings is 1. The molecule has 3 aromatic heterocycles. The van der Waals surface area contributed by atoms with Crippen molar-refractivity contribution in [1.82, 2.24) is 13.9 Å². The number of ketones is 1. The molecule has 1 atom stereocenters. The van der Waals surface area contributed by atoms with E-state index in [1.807, 2.05) is 20.8 Å². The number of rotatable bonds is 9. The molecule has 2 aromatic carbocycles. The van der Waals surface area contributed by atoms with E-state index in [-0.39, 0.29) is 51.5 Å². The SMILES string of the molecule is CC(C)(C)OC(=O)C[C@H]1CCCN(c2c(CC(=O)c3csc(-c4c(F)cccc4F)n3)cnc3c2ccn3S(=O)(=O)c2ccccc2)C1. The van der Waals surface area contributed by atoms with Crippen LogP contribution in [0.1, 0.15) is 56.1 Å². The van der Waals surface area contributed by atoms with Crippen LogP contribution in [-0.2, 0) is 26.0 Å². The zero-order valence-electron chi connectivity index (χ0n) is 26.7. The maximum atomic E-state index is 14.4. The molecular weight excluding hydrogens is 659 g/mol. The second-order valence-electron chi connectivity index (χ2n) is 12.8. The number of nitrogens with zero attached hydrogens (tertiary/aromatic N) is 4. The van der Waals surface area contributed by atoms with Crippen LogP contribution >= 0.6 is 11.3 Å². The molecular formula is C35H34F2N4O5S2.